The van der Waals surface area contributed by atoms with Crippen LogP contribution in [0, 0.1) is 0 Å². The first kappa shape index (κ1) is 17.9. The van der Waals surface area contributed by atoms with E-state index in [1.54, 1.807) is 0 Å². The maximum absolute atomic E-state index is 10.3. The molecular weight excluding hydrogens is 248 g/mol. The lowest BCUT2D eigenvalue weighted by Crippen LogP contribution is -2.07. The van der Waals surface area contributed by atoms with Crippen molar-refractivity contribution < 1.29 is 24.5 Å². The van der Waals surface area contributed by atoms with Gasteiger partial charge in [-0.1, -0.05) is 44.9 Å². The average molecular weight is 274 g/mol. The van der Waals surface area contributed by atoms with Crippen LogP contribution >= 0.6 is 0 Å². The summed E-state index contributed by atoms with van der Waals surface area (Å²) in [6.07, 6.45) is 9.93. The van der Waals surface area contributed by atoms with Gasteiger partial charge in [0.2, 0.25) is 0 Å². The molecule has 0 saturated heterocycles. The van der Waals surface area contributed by atoms with E-state index in [4.69, 9.17) is 14.9 Å². The number of carbonyl (C=O) groups is 2. The molecule has 0 amide bonds. The summed E-state index contributed by atoms with van der Waals surface area (Å²) in [7, 11) is 0. The van der Waals surface area contributed by atoms with Crippen LogP contribution in [0.1, 0.15) is 64.2 Å². The summed E-state index contributed by atoms with van der Waals surface area (Å²) >= 11 is 0. The molecular formula is C14H26O5. The Balaban J connectivity index is 2.99. The third-order valence-corrected chi connectivity index (χ3v) is 2.90. The molecule has 0 unspecified atom stereocenters. The first-order valence-electron chi connectivity index (χ1n) is 7.14. The predicted molar refractivity (Wildman–Crippen MR) is 72.3 cm³/mol. The molecule has 112 valence electrons. The van der Waals surface area contributed by atoms with Gasteiger partial charge < -0.3 is 14.9 Å². The summed E-state index contributed by atoms with van der Waals surface area (Å²) in [5.74, 6) is -1.62. The highest BCUT2D eigenvalue weighted by Crippen LogP contribution is 2.10. The zero-order chi connectivity index (χ0) is 14.3. The molecule has 0 heterocycles. The summed E-state index contributed by atoms with van der Waals surface area (Å²) in [6.45, 7) is 0.331. The van der Waals surface area contributed by atoms with Gasteiger partial charge in [-0.05, 0) is 12.8 Å². The van der Waals surface area contributed by atoms with Crippen LogP contribution in [0.25, 0.3) is 0 Å². The molecule has 0 radical (unpaired) electrons. The minimum Gasteiger partial charge on any atom is -0.481 e. The molecule has 0 aliphatic carbocycles. The molecule has 0 atom stereocenters. The number of ether oxygens (including phenoxy) is 1. The lowest BCUT2D eigenvalue weighted by Gasteiger charge is -2.02. The molecule has 0 aromatic heterocycles. The maximum Gasteiger partial charge on any atom is 0.329 e. The standard InChI is InChI=1S/C14H26O5/c15-13(16)10-8-6-4-2-1-3-5-7-9-11-19-12-14(17)18/h1-12H2,(H,15,16)(H,17,18). The number of hydrogen-bond acceptors (Lipinski definition) is 3. The fourth-order valence-electron chi connectivity index (χ4n) is 1.88. The molecule has 0 spiro atoms. The summed E-state index contributed by atoms with van der Waals surface area (Å²) in [4.78, 5) is 20.4. The quantitative estimate of drug-likeness (QED) is 0.475. The number of aliphatic carboxylic acids is 2. The lowest BCUT2D eigenvalue weighted by molar-refractivity contribution is -0.142. The molecule has 5 heteroatoms. The van der Waals surface area contributed by atoms with Gasteiger partial charge in [-0.25, -0.2) is 4.79 Å². The van der Waals surface area contributed by atoms with Crippen LogP contribution < -0.4 is 0 Å². The van der Waals surface area contributed by atoms with Gasteiger partial charge in [0.15, 0.2) is 0 Å². The normalized spacial score (nSPS) is 10.5. The fourth-order valence-corrected chi connectivity index (χ4v) is 1.88. The van der Waals surface area contributed by atoms with Crippen molar-refractivity contribution in [2.75, 3.05) is 13.2 Å². The van der Waals surface area contributed by atoms with Crippen LogP contribution in [0.2, 0.25) is 0 Å². The molecule has 0 rings (SSSR count). The first-order valence-corrected chi connectivity index (χ1v) is 7.14. The Labute approximate surface area is 115 Å². The van der Waals surface area contributed by atoms with Gasteiger partial charge in [0.1, 0.15) is 6.61 Å². The van der Waals surface area contributed by atoms with Gasteiger partial charge in [0.25, 0.3) is 0 Å². The second kappa shape index (κ2) is 13.3. The Kier molecular flexibility index (Phi) is 12.6. The van der Waals surface area contributed by atoms with Crippen molar-refractivity contribution in [3.8, 4) is 0 Å². The van der Waals surface area contributed by atoms with Crippen LogP contribution in [0.15, 0.2) is 0 Å². The second-order valence-electron chi connectivity index (χ2n) is 4.77. The minimum absolute atomic E-state index is 0.198. The third kappa shape index (κ3) is 16.9. The van der Waals surface area contributed by atoms with Gasteiger partial charge in [-0.15, -0.1) is 0 Å². The van der Waals surface area contributed by atoms with Gasteiger partial charge in [-0.2, -0.15) is 0 Å². The largest absolute Gasteiger partial charge is 0.481 e. The van der Waals surface area contributed by atoms with E-state index in [2.05, 4.69) is 0 Å². The average Bonchev–Trinajstić information content (AvgIpc) is 2.34. The second-order valence-corrected chi connectivity index (χ2v) is 4.77. The van der Waals surface area contributed by atoms with Crippen LogP contribution in [0.4, 0.5) is 0 Å². The van der Waals surface area contributed by atoms with Crippen LogP contribution in [-0.4, -0.2) is 35.4 Å². The molecule has 19 heavy (non-hydrogen) atoms. The molecule has 0 saturated carbocycles. The van der Waals surface area contributed by atoms with Gasteiger partial charge >= 0.3 is 11.9 Å². The predicted octanol–water partition coefficient (Wildman–Crippen LogP) is 3.07. The lowest BCUT2D eigenvalue weighted by atomic mass is 10.1. The van der Waals surface area contributed by atoms with Crippen molar-refractivity contribution in [2.45, 2.75) is 64.2 Å². The molecule has 5 nitrogen and oxygen atoms in total. The van der Waals surface area contributed by atoms with Gasteiger partial charge in [0.05, 0.1) is 0 Å². The zero-order valence-corrected chi connectivity index (χ0v) is 11.6. The van der Waals surface area contributed by atoms with E-state index < -0.39 is 11.9 Å². The summed E-state index contributed by atoms with van der Waals surface area (Å²) in [6, 6.07) is 0. The molecule has 0 aliphatic rings. The Bertz CT molecular complexity index is 216. The van der Waals surface area contributed by atoms with E-state index in [9.17, 15) is 9.59 Å². The number of rotatable bonds is 14. The topological polar surface area (TPSA) is 83.8 Å². The van der Waals surface area contributed by atoms with Crippen LogP contribution in [0.3, 0.4) is 0 Å². The van der Waals surface area contributed by atoms with E-state index >= 15 is 0 Å². The van der Waals surface area contributed by atoms with Crippen LogP contribution in [-0.2, 0) is 14.3 Å². The Morgan fingerprint density at radius 1 is 0.684 bits per heavy atom. The molecule has 0 bridgehead atoms. The van der Waals surface area contributed by atoms with Crippen molar-refractivity contribution in [2.24, 2.45) is 0 Å². The van der Waals surface area contributed by atoms with E-state index in [1.807, 2.05) is 0 Å². The van der Waals surface area contributed by atoms with E-state index in [-0.39, 0.29) is 13.0 Å². The summed E-state index contributed by atoms with van der Waals surface area (Å²) in [5.41, 5.74) is 0. The summed E-state index contributed by atoms with van der Waals surface area (Å²) < 4.78 is 4.94. The fraction of sp³-hybridized carbons (Fsp3) is 0.857. The first-order chi connectivity index (χ1) is 9.13. The van der Waals surface area contributed by atoms with Crippen molar-refractivity contribution >= 4 is 11.9 Å². The Hall–Kier alpha value is -1.10. The van der Waals surface area contributed by atoms with E-state index in [1.165, 1.54) is 19.3 Å². The van der Waals surface area contributed by atoms with Crippen molar-refractivity contribution in [1.29, 1.82) is 0 Å². The highest BCUT2D eigenvalue weighted by atomic mass is 16.5. The zero-order valence-electron chi connectivity index (χ0n) is 11.6. The van der Waals surface area contributed by atoms with Crippen molar-refractivity contribution in [3.05, 3.63) is 0 Å². The summed E-state index contributed by atoms with van der Waals surface area (Å²) in [5, 5.41) is 16.8. The molecule has 2 N–H and O–H groups in total. The Morgan fingerprint density at radius 2 is 1.16 bits per heavy atom. The van der Waals surface area contributed by atoms with Crippen molar-refractivity contribution in [1.82, 2.24) is 0 Å². The van der Waals surface area contributed by atoms with E-state index in [0.29, 0.717) is 6.61 Å². The number of unbranched alkanes of at least 4 members (excludes halogenated alkanes) is 8. The van der Waals surface area contributed by atoms with Crippen molar-refractivity contribution in [3.63, 3.8) is 0 Å². The molecule has 0 aliphatic heterocycles. The molecule has 0 aromatic carbocycles. The number of carboxylic acids is 2. The van der Waals surface area contributed by atoms with Gasteiger partial charge in [0, 0.05) is 13.0 Å². The van der Waals surface area contributed by atoms with E-state index in [0.717, 1.165) is 38.5 Å². The highest BCUT2D eigenvalue weighted by molar-refractivity contribution is 5.68. The number of hydrogen-bond donors (Lipinski definition) is 2. The highest BCUT2D eigenvalue weighted by Gasteiger charge is 1.97. The minimum atomic E-state index is -0.914. The van der Waals surface area contributed by atoms with Gasteiger partial charge in [-0.3, -0.25) is 4.79 Å². The van der Waals surface area contributed by atoms with Crippen LogP contribution in [0.5, 0.6) is 0 Å². The Morgan fingerprint density at radius 3 is 1.63 bits per heavy atom. The SMILES string of the molecule is O=C(O)CCCCCCCCCCCOCC(=O)O. The monoisotopic (exact) mass is 274 g/mol. The smallest absolute Gasteiger partial charge is 0.329 e. The maximum atomic E-state index is 10.3. The number of carboxylic acid groups (broad SMARTS) is 2. The molecule has 0 aromatic rings. The molecule has 0 fully saturated rings. The third-order valence-electron chi connectivity index (χ3n) is 2.90.